The van der Waals surface area contributed by atoms with Gasteiger partial charge in [0.2, 0.25) is 0 Å². The van der Waals surface area contributed by atoms with Gasteiger partial charge >= 0.3 is 5.97 Å². The van der Waals surface area contributed by atoms with Crippen molar-refractivity contribution in [3.63, 3.8) is 0 Å². The van der Waals surface area contributed by atoms with E-state index in [0.717, 1.165) is 25.7 Å². The molecule has 2 aliphatic carbocycles. The normalized spacial score (nSPS) is 28.8. The number of aliphatic hydroxyl groups is 2. The summed E-state index contributed by atoms with van der Waals surface area (Å²) in [5, 5.41) is 29.3. The number of hydrogen-bond donors (Lipinski definition) is 3. The number of carboxylic acid groups (broad SMARTS) is 1. The Balaban J connectivity index is 1.83. The predicted molar refractivity (Wildman–Crippen MR) is 112 cm³/mol. The van der Waals surface area contributed by atoms with Gasteiger partial charge in [-0.3, -0.25) is 4.79 Å². The third-order valence-corrected chi connectivity index (χ3v) is 5.88. The zero-order valence-corrected chi connectivity index (χ0v) is 17.6. The average molecular weight is 403 g/mol. The fourth-order valence-electron chi connectivity index (χ4n) is 4.21. The molecule has 0 amide bonds. The molecule has 2 rings (SSSR count). The first-order valence-electron chi connectivity index (χ1n) is 10.7. The van der Waals surface area contributed by atoms with Crippen molar-refractivity contribution in [3.8, 4) is 23.7 Å². The number of aliphatic carboxylic acids is 1. The van der Waals surface area contributed by atoms with Crippen molar-refractivity contribution in [2.75, 3.05) is 13.2 Å². The molecular formula is C24H34O5. The lowest BCUT2D eigenvalue weighted by Gasteiger charge is -2.16. The molecule has 0 aliphatic heterocycles. The van der Waals surface area contributed by atoms with Crippen LogP contribution in [0.4, 0.5) is 0 Å². The highest BCUT2D eigenvalue weighted by molar-refractivity contribution is 5.66. The molecule has 29 heavy (non-hydrogen) atoms. The van der Waals surface area contributed by atoms with Crippen molar-refractivity contribution in [1.29, 1.82) is 0 Å². The molecule has 2 saturated carbocycles. The van der Waals surface area contributed by atoms with Gasteiger partial charge in [-0.15, -0.1) is 11.8 Å². The number of carboxylic acids is 1. The van der Waals surface area contributed by atoms with E-state index in [2.05, 4.69) is 29.8 Å². The molecule has 5 nitrogen and oxygen atoms in total. The molecule has 3 N–H and O–H groups in total. The highest BCUT2D eigenvalue weighted by Crippen LogP contribution is 2.49. The van der Waals surface area contributed by atoms with E-state index in [4.69, 9.17) is 9.84 Å². The molecule has 5 heteroatoms. The number of rotatable bonds is 8. The fraction of sp³-hybridized carbons (Fsp3) is 0.708. The van der Waals surface area contributed by atoms with Gasteiger partial charge < -0.3 is 20.1 Å². The third-order valence-electron chi connectivity index (χ3n) is 5.88. The molecule has 0 bridgehead atoms. The summed E-state index contributed by atoms with van der Waals surface area (Å²) >= 11 is 0. The molecule has 0 aromatic carbocycles. The summed E-state index contributed by atoms with van der Waals surface area (Å²) in [6, 6.07) is 0. The Bertz CT molecular complexity index is 690. The van der Waals surface area contributed by atoms with Crippen LogP contribution >= 0.6 is 0 Å². The van der Waals surface area contributed by atoms with Crippen LogP contribution in [0.25, 0.3) is 0 Å². The van der Waals surface area contributed by atoms with Crippen molar-refractivity contribution in [3.05, 3.63) is 11.6 Å². The second kappa shape index (κ2) is 12.0. The van der Waals surface area contributed by atoms with Crippen LogP contribution in [0.3, 0.4) is 0 Å². The van der Waals surface area contributed by atoms with Crippen molar-refractivity contribution >= 4 is 5.97 Å². The lowest BCUT2D eigenvalue weighted by atomic mass is 9.91. The fourth-order valence-corrected chi connectivity index (χ4v) is 4.21. The van der Waals surface area contributed by atoms with Crippen LogP contribution in [0.5, 0.6) is 0 Å². The van der Waals surface area contributed by atoms with Gasteiger partial charge in [0.25, 0.3) is 0 Å². The number of ether oxygens (including phenoxy) is 1. The number of aliphatic hydroxyl groups excluding tert-OH is 2. The predicted octanol–water partition coefficient (Wildman–Crippen LogP) is 3.01. The largest absolute Gasteiger partial charge is 0.481 e. The lowest BCUT2D eigenvalue weighted by molar-refractivity contribution is -0.137. The van der Waals surface area contributed by atoms with Crippen LogP contribution in [0.15, 0.2) is 11.6 Å². The Morgan fingerprint density at radius 2 is 2.14 bits per heavy atom. The molecule has 0 aromatic rings. The number of fused-ring (bicyclic) bond motifs is 1. The summed E-state index contributed by atoms with van der Waals surface area (Å²) in [6.45, 7) is 4.91. The van der Waals surface area contributed by atoms with E-state index < -0.39 is 18.2 Å². The molecule has 0 aromatic heterocycles. The van der Waals surface area contributed by atoms with Crippen molar-refractivity contribution in [1.82, 2.24) is 0 Å². The summed E-state index contributed by atoms with van der Waals surface area (Å²) in [7, 11) is 0. The first kappa shape index (κ1) is 23.5. The Labute approximate surface area is 174 Å². The zero-order valence-electron chi connectivity index (χ0n) is 17.6. The number of allylic oxidation sites excluding steroid dienone is 1. The van der Waals surface area contributed by atoms with Crippen LogP contribution < -0.4 is 0 Å². The van der Waals surface area contributed by atoms with E-state index >= 15 is 0 Å². The van der Waals surface area contributed by atoms with Gasteiger partial charge in [-0.05, 0) is 37.5 Å². The Hall–Kier alpha value is -1.79. The maximum absolute atomic E-state index is 10.5. The molecule has 0 spiro atoms. The minimum atomic E-state index is -0.797. The maximum Gasteiger partial charge on any atom is 0.303 e. The maximum atomic E-state index is 10.5. The molecular weight excluding hydrogens is 368 g/mol. The zero-order chi connectivity index (χ0) is 21.2. The summed E-state index contributed by atoms with van der Waals surface area (Å²) in [5.41, 5.74) is 1.33. The molecule has 0 saturated heterocycles. The smallest absolute Gasteiger partial charge is 0.303 e. The van der Waals surface area contributed by atoms with Gasteiger partial charge in [0.15, 0.2) is 0 Å². The molecule has 0 unspecified atom stereocenters. The standard InChI is InChI=1S/C24H34O5/c1-3-4-5-7-17(2)22(25)10-9-20-21-15-18(14-19(21)16-23(20)26)11-13-29-12-6-8-24(27)28/h11,17,19-23,25-26H,3,6-8,12-16H2,1-2H3,(H,27,28)/b18-11-/t17-,19-,20+,21-,22+,23+/m0/s1. The van der Waals surface area contributed by atoms with Crippen LogP contribution in [-0.4, -0.2) is 46.7 Å². The molecule has 0 radical (unpaired) electrons. The molecule has 6 atom stereocenters. The van der Waals surface area contributed by atoms with Gasteiger partial charge in [-0.1, -0.05) is 37.3 Å². The topological polar surface area (TPSA) is 87.0 Å². The molecule has 2 fully saturated rings. The first-order valence-corrected chi connectivity index (χ1v) is 10.7. The van der Waals surface area contributed by atoms with Crippen LogP contribution in [-0.2, 0) is 9.53 Å². The van der Waals surface area contributed by atoms with Gasteiger partial charge in [-0.2, -0.15) is 0 Å². The summed E-state index contributed by atoms with van der Waals surface area (Å²) in [6.07, 6.45) is 5.69. The second-order valence-electron chi connectivity index (χ2n) is 8.22. The quantitative estimate of drug-likeness (QED) is 0.330. The van der Waals surface area contributed by atoms with E-state index in [0.29, 0.717) is 37.9 Å². The van der Waals surface area contributed by atoms with Crippen molar-refractivity contribution in [2.45, 2.75) is 71.0 Å². The summed E-state index contributed by atoms with van der Waals surface area (Å²) in [5.74, 6) is 12.1. The van der Waals surface area contributed by atoms with Gasteiger partial charge in [0.1, 0.15) is 6.10 Å². The Morgan fingerprint density at radius 1 is 1.34 bits per heavy atom. The summed E-state index contributed by atoms with van der Waals surface area (Å²) < 4.78 is 5.50. The van der Waals surface area contributed by atoms with Gasteiger partial charge in [0.05, 0.1) is 12.7 Å². The van der Waals surface area contributed by atoms with E-state index in [1.54, 1.807) is 0 Å². The minimum Gasteiger partial charge on any atom is -0.481 e. The summed E-state index contributed by atoms with van der Waals surface area (Å²) in [4.78, 5) is 10.5. The lowest BCUT2D eigenvalue weighted by Crippen LogP contribution is -2.19. The van der Waals surface area contributed by atoms with Crippen molar-refractivity contribution < 1.29 is 24.9 Å². The van der Waals surface area contributed by atoms with E-state index in [-0.39, 0.29) is 18.3 Å². The average Bonchev–Trinajstić information content (AvgIpc) is 3.18. The second-order valence-corrected chi connectivity index (χ2v) is 8.22. The van der Waals surface area contributed by atoms with E-state index in [9.17, 15) is 15.0 Å². The van der Waals surface area contributed by atoms with Crippen LogP contribution in [0.1, 0.15) is 58.8 Å². The minimum absolute atomic E-state index is 0.00629. The van der Waals surface area contributed by atoms with E-state index in [1.165, 1.54) is 5.57 Å². The molecule has 160 valence electrons. The highest BCUT2D eigenvalue weighted by Gasteiger charge is 2.45. The Morgan fingerprint density at radius 3 is 2.86 bits per heavy atom. The third kappa shape index (κ3) is 7.52. The van der Waals surface area contributed by atoms with Gasteiger partial charge in [-0.25, -0.2) is 0 Å². The Kier molecular flexibility index (Phi) is 9.74. The number of carbonyl (C=O) groups is 1. The van der Waals surface area contributed by atoms with Gasteiger partial charge in [0, 0.05) is 37.7 Å². The van der Waals surface area contributed by atoms with E-state index in [1.807, 2.05) is 13.8 Å². The van der Waals surface area contributed by atoms with Crippen molar-refractivity contribution in [2.24, 2.45) is 23.7 Å². The van der Waals surface area contributed by atoms with Crippen LogP contribution in [0.2, 0.25) is 0 Å². The van der Waals surface area contributed by atoms with Crippen LogP contribution in [0, 0.1) is 47.4 Å². The molecule has 2 aliphatic rings. The molecule has 0 heterocycles. The SMILES string of the molecule is CCC#CC[C@H](C)[C@H](O)C#C[C@@H]1[C@H]2C/C(=C\COCCCC(=O)O)C[C@H]2C[C@H]1O. The highest BCUT2D eigenvalue weighted by atomic mass is 16.5. The number of hydrogen-bond acceptors (Lipinski definition) is 4. The first-order chi connectivity index (χ1) is 13.9. The monoisotopic (exact) mass is 402 g/mol.